The predicted octanol–water partition coefficient (Wildman–Crippen LogP) is 0.480. The average Bonchev–Trinajstić information content (AvgIpc) is 1.84. The summed E-state index contributed by atoms with van der Waals surface area (Å²) < 4.78 is 8.58. The van der Waals surface area contributed by atoms with Crippen molar-refractivity contribution >= 4 is 15.4 Å². The molecule has 0 saturated carbocycles. The minimum absolute atomic E-state index is 0.0162. The Balaban J connectivity index is 3.64. The Labute approximate surface area is 49.9 Å². The lowest BCUT2D eigenvalue weighted by atomic mass is 10.6. The van der Waals surface area contributed by atoms with Crippen molar-refractivity contribution in [2.24, 2.45) is 0 Å². The minimum Gasteiger partial charge on any atom is -0.473 e. The van der Waals surface area contributed by atoms with Crippen molar-refractivity contribution < 1.29 is 14.1 Å². The molecule has 0 rings (SSSR count). The average molecular weight is 134 g/mol. The van der Waals surface area contributed by atoms with E-state index in [0.29, 0.717) is 0 Å². The highest BCUT2D eigenvalue weighted by molar-refractivity contribution is 7.10. The van der Waals surface area contributed by atoms with Crippen LogP contribution in [0.25, 0.3) is 0 Å². The maximum absolute atomic E-state index is 10.3. The largest absolute Gasteiger partial charge is 0.473 e. The molecule has 0 N–H and O–H groups in total. The van der Waals surface area contributed by atoms with E-state index in [-0.39, 0.29) is 5.76 Å². The summed E-state index contributed by atoms with van der Waals surface area (Å²) in [7, 11) is 3.15. The van der Waals surface area contributed by atoms with Gasteiger partial charge in [-0.1, -0.05) is 0 Å². The van der Waals surface area contributed by atoms with Gasteiger partial charge in [0.05, 0.1) is 16.6 Å². The lowest BCUT2D eigenvalue weighted by molar-refractivity contribution is -0.138. The van der Waals surface area contributed by atoms with E-state index in [1.54, 1.807) is 0 Å². The molecule has 3 nitrogen and oxygen atoms in total. The first-order chi connectivity index (χ1) is 3.72. The first-order valence-corrected chi connectivity index (χ1v) is 2.33. The van der Waals surface area contributed by atoms with Crippen molar-refractivity contribution in [3.05, 3.63) is 12.3 Å². The molecule has 0 aliphatic rings. The molecule has 0 amide bonds. The summed E-state index contributed by atoms with van der Waals surface area (Å²) in [6, 6.07) is 0. The molecule has 0 saturated heterocycles. The van der Waals surface area contributed by atoms with Crippen LogP contribution >= 0.6 is 9.47 Å². The first kappa shape index (κ1) is 7.44. The molecule has 0 heterocycles. The number of rotatable bonds is 2. The topological polar surface area (TPSA) is 35.5 Å². The van der Waals surface area contributed by atoms with Crippen LogP contribution in [0.3, 0.4) is 0 Å². The summed E-state index contributed by atoms with van der Waals surface area (Å²) in [6.45, 7) is 3.23. The number of esters is 1. The molecule has 46 valence electrons. The molecule has 0 bridgehead atoms. The molecule has 0 aromatic heterocycles. The zero-order valence-corrected chi connectivity index (χ0v) is 5.66. The fourth-order valence-electron chi connectivity index (χ4n) is 0.162. The fraction of sp³-hybridized carbons (Fsp3) is 0.250. The van der Waals surface area contributed by atoms with Gasteiger partial charge in [-0.3, -0.25) is 0 Å². The number of carbonyl (C=O) groups excluding carboxylic acids is 1. The van der Waals surface area contributed by atoms with Crippen molar-refractivity contribution in [1.82, 2.24) is 0 Å². The molecule has 0 aromatic rings. The van der Waals surface area contributed by atoms with E-state index >= 15 is 0 Å². The Morgan fingerprint density at radius 1 is 1.75 bits per heavy atom. The van der Waals surface area contributed by atoms with Crippen molar-refractivity contribution in [3.63, 3.8) is 0 Å². The number of carbonyl (C=O) groups is 1. The molecular formula is C4H7O3P. The van der Waals surface area contributed by atoms with E-state index in [4.69, 9.17) is 0 Å². The molecule has 0 fully saturated rings. The zero-order valence-electron chi connectivity index (χ0n) is 4.51. The summed E-state index contributed by atoms with van der Waals surface area (Å²) in [6.07, 6.45) is 0. The van der Waals surface area contributed by atoms with E-state index in [1.165, 1.54) is 7.11 Å². The highest BCUT2D eigenvalue weighted by Gasteiger charge is 2.03. The Kier molecular flexibility index (Phi) is 3.20. The van der Waals surface area contributed by atoms with Crippen molar-refractivity contribution in [3.8, 4) is 0 Å². The van der Waals surface area contributed by atoms with Gasteiger partial charge in [0, 0.05) is 0 Å². The highest BCUT2D eigenvalue weighted by Crippen LogP contribution is 1.99. The van der Waals surface area contributed by atoms with Gasteiger partial charge in [0.25, 0.3) is 0 Å². The summed E-state index contributed by atoms with van der Waals surface area (Å²) in [4.78, 5) is 10.3. The standard InChI is InChI=1S/C4H7O3P/c1-3(7-8)4(5)6-2/h1,8H2,2H3. The minimum atomic E-state index is -0.556. The van der Waals surface area contributed by atoms with E-state index in [9.17, 15) is 4.79 Å². The molecule has 8 heavy (non-hydrogen) atoms. The van der Waals surface area contributed by atoms with Crippen LogP contribution in [0, 0.1) is 0 Å². The van der Waals surface area contributed by atoms with E-state index in [1.807, 2.05) is 9.47 Å². The number of ether oxygens (including phenoxy) is 1. The van der Waals surface area contributed by atoms with Crippen molar-refractivity contribution in [2.45, 2.75) is 0 Å². The molecule has 0 spiro atoms. The molecular weight excluding hydrogens is 127 g/mol. The molecule has 1 atom stereocenters. The quantitative estimate of drug-likeness (QED) is 0.238. The summed E-state index contributed by atoms with van der Waals surface area (Å²) in [5, 5.41) is 0. The van der Waals surface area contributed by atoms with Crippen molar-refractivity contribution in [2.75, 3.05) is 7.11 Å². The van der Waals surface area contributed by atoms with Gasteiger partial charge in [-0.15, -0.1) is 0 Å². The van der Waals surface area contributed by atoms with Gasteiger partial charge in [-0.05, 0) is 6.58 Å². The third-order valence-corrected chi connectivity index (χ3v) is 0.840. The van der Waals surface area contributed by atoms with Crippen LogP contribution in [0.15, 0.2) is 12.3 Å². The molecule has 0 aliphatic carbocycles. The molecule has 1 unspecified atom stereocenters. The van der Waals surface area contributed by atoms with Crippen LogP contribution in [0.4, 0.5) is 0 Å². The number of hydrogen-bond donors (Lipinski definition) is 0. The third-order valence-electron chi connectivity index (χ3n) is 0.555. The maximum atomic E-state index is 10.3. The van der Waals surface area contributed by atoms with Crippen LogP contribution in [-0.4, -0.2) is 13.1 Å². The number of methoxy groups -OCH3 is 1. The van der Waals surface area contributed by atoms with E-state index in [2.05, 4.69) is 15.8 Å². The SMILES string of the molecule is C=C(OP)C(=O)OC. The second-order valence-corrected chi connectivity index (χ2v) is 1.27. The summed E-state index contributed by atoms with van der Waals surface area (Å²) in [5.74, 6) is -0.572. The molecule has 0 aromatic carbocycles. The Morgan fingerprint density at radius 2 is 2.25 bits per heavy atom. The van der Waals surface area contributed by atoms with Gasteiger partial charge in [0.1, 0.15) is 0 Å². The van der Waals surface area contributed by atoms with Crippen LogP contribution in [-0.2, 0) is 14.1 Å². The summed E-state index contributed by atoms with van der Waals surface area (Å²) >= 11 is 0. The van der Waals surface area contributed by atoms with Gasteiger partial charge < -0.3 is 9.26 Å². The smallest absolute Gasteiger partial charge is 0.372 e. The Bertz CT molecular complexity index is 95.9. The first-order valence-electron chi connectivity index (χ1n) is 1.86. The third kappa shape index (κ3) is 1.94. The van der Waals surface area contributed by atoms with E-state index in [0.717, 1.165) is 0 Å². The maximum Gasteiger partial charge on any atom is 0.372 e. The number of hydrogen-bond acceptors (Lipinski definition) is 3. The second kappa shape index (κ2) is 3.44. The summed E-state index contributed by atoms with van der Waals surface area (Å²) in [5.41, 5.74) is 0. The van der Waals surface area contributed by atoms with Crippen molar-refractivity contribution in [1.29, 1.82) is 0 Å². The molecule has 0 radical (unpaired) electrons. The molecule has 4 heteroatoms. The normalized spacial score (nSPS) is 7.75. The van der Waals surface area contributed by atoms with Gasteiger partial charge in [0.15, 0.2) is 5.76 Å². The van der Waals surface area contributed by atoms with Gasteiger partial charge in [-0.25, -0.2) is 4.79 Å². The lowest BCUT2D eigenvalue weighted by Gasteiger charge is -1.97. The van der Waals surface area contributed by atoms with Crippen LogP contribution in [0.5, 0.6) is 0 Å². The fourth-order valence-corrected chi connectivity index (χ4v) is 0.258. The lowest BCUT2D eigenvalue weighted by Crippen LogP contribution is -2.02. The van der Waals surface area contributed by atoms with Crippen LogP contribution in [0.2, 0.25) is 0 Å². The van der Waals surface area contributed by atoms with E-state index < -0.39 is 5.97 Å². The van der Waals surface area contributed by atoms with Gasteiger partial charge in [0.2, 0.25) is 0 Å². The van der Waals surface area contributed by atoms with Crippen LogP contribution in [0.1, 0.15) is 0 Å². The van der Waals surface area contributed by atoms with Gasteiger partial charge in [-0.2, -0.15) is 0 Å². The zero-order chi connectivity index (χ0) is 6.57. The monoisotopic (exact) mass is 134 g/mol. The second-order valence-electron chi connectivity index (χ2n) is 1.03. The van der Waals surface area contributed by atoms with Crippen LogP contribution < -0.4 is 0 Å². The highest BCUT2D eigenvalue weighted by atomic mass is 31.0. The van der Waals surface area contributed by atoms with Gasteiger partial charge >= 0.3 is 5.97 Å². The molecule has 0 aliphatic heterocycles. The Morgan fingerprint density at radius 3 is 2.38 bits per heavy atom. The Hall–Kier alpha value is -0.560. The predicted molar refractivity (Wildman–Crippen MR) is 32.0 cm³/mol.